The normalized spacial score (nSPS) is 22.6. The third-order valence-electron chi connectivity index (χ3n) is 3.46. The molecule has 1 aliphatic carbocycles. The van der Waals surface area contributed by atoms with Crippen molar-refractivity contribution in [2.45, 2.75) is 25.7 Å². The quantitative estimate of drug-likeness (QED) is 0.729. The Bertz CT molecular complexity index is 343. The van der Waals surface area contributed by atoms with E-state index in [1.54, 1.807) is 14.1 Å². The van der Waals surface area contributed by atoms with Gasteiger partial charge >= 0.3 is 5.97 Å². The Morgan fingerprint density at radius 3 is 2.39 bits per heavy atom. The van der Waals surface area contributed by atoms with E-state index < -0.39 is 11.9 Å². The standard InChI is InChI=1S/C12H20N2O4/c1-13-10(15)5-6-14(2)11(16)8-3-4-9(7-8)12(17)18/h8-9H,3-7H2,1-2H3,(H,13,15)(H,17,18)/t8-,9+/m1/s1. The summed E-state index contributed by atoms with van der Waals surface area (Å²) in [6.45, 7) is 0.368. The zero-order valence-electron chi connectivity index (χ0n) is 10.8. The minimum Gasteiger partial charge on any atom is -0.481 e. The molecule has 1 rings (SSSR count). The zero-order chi connectivity index (χ0) is 13.7. The number of nitrogens with zero attached hydrogens (tertiary/aromatic N) is 1. The van der Waals surface area contributed by atoms with E-state index in [0.717, 1.165) is 0 Å². The molecule has 2 N–H and O–H groups in total. The van der Waals surface area contributed by atoms with Crippen LogP contribution >= 0.6 is 0 Å². The summed E-state index contributed by atoms with van der Waals surface area (Å²) in [6, 6.07) is 0. The van der Waals surface area contributed by atoms with Crippen LogP contribution in [0.3, 0.4) is 0 Å². The number of carboxylic acid groups (broad SMARTS) is 1. The van der Waals surface area contributed by atoms with Crippen molar-refractivity contribution in [2.75, 3.05) is 20.6 Å². The van der Waals surface area contributed by atoms with Crippen molar-refractivity contribution in [2.24, 2.45) is 11.8 Å². The van der Waals surface area contributed by atoms with E-state index in [-0.39, 0.29) is 24.2 Å². The Kier molecular flexibility index (Phi) is 5.12. The van der Waals surface area contributed by atoms with Crippen molar-refractivity contribution in [3.05, 3.63) is 0 Å². The highest BCUT2D eigenvalue weighted by Crippen LogP contribution is 2.32. The summed E-state index contributed by atoms with van der Waals surface area (Å²) >= 11 is 0. The first-order valence-corrected chi connectivity index (χ1v) is 6.14. The molecule has 0 unspecified atom stereocenters. The fourth-order valence-corrected chi connectivity index (χ4v) is 2.25. The van der Waals surface area contributed by atoms with Crippen molar-refractivity contribution in [1.29, 1.82) is 0 Å². The predicted molar refractivity (Wildman–Crippen MR) is 64.8 cm³/mol. The molecule has 0 heterocycles. The Labute approximate surface area is 106 Å². The average Bonchev–Trinajstić information content (AvgIpc) is 2.84. The summed E-state index contributed by atoms with van der Waals surface area (Å²) in [5.41, 5.74) is 0. The van der Waals surface area contributed by atoms with Gasteiger partial charge in [-0.3, -0.25) is 14.4 Å². The zero-order valence-corrected chi connectivity index (χ0v) is 10.8. The second-order valence-corrected chi connectivity index (χ2v) is 4.73. The molecule has 2 amide bonds. The van der Waals surface area contributed by atoms with E-state index in [0.29, 0.717) is 25.8 Å². The van der Waals surface area contributed by atoms with Crippen molar-refractivity contribution in [1.82, 2.24) is 10.2 Å². The molecule has 0 bridgehead atoms. The summed E-state index contributed by atoms with van der Waals surface area (Å²) in [4.78, 5) is 35.4. The second kappa shape index (κ2) is 6.37. The average molecular weight is 256 g/mol. The van der Waals surface area contributed by atoms with Crippen LogP contribution in [0.2, 0.25) is 0 Å². The van der Waals surface area contributed by atoms with Crippen LogP contribution < -0.4 is 5.32 Å². The number of nitrogens with one attached hydrogen (secondary N) is 1. The van der Waals surface area contributed by atoms with Gasteiger partial charge in [-0.25, -0.2) is 0 Å². The highest BCUT2D eigenvalue weighted by atomic mass is 16.4. The van der Waals surface area contributed by atoms with E-state index in [1.165, 1.54) is 4.90 Å². The first-order chi connectivity index (χ1) is 8.45. The van der Waals surface area contributed by atoms with Gasteiger partial charge < -0.3 is 15.3 Å². The van der Waals surface area contributed by atoms with Gasteiger partial charge in [0.1, 0.15) is 0 Å². The molecule has 0 aromatic heterocycles. The number of aliphatic carboxylic acids is 1. The van der Waals surface area contributed by atoms with E-state index in [9.17, 15) is 14.4 Å². The molecule has 1 fully saturated rings. The summed E-state index contributed by atoms with van der Waals surface area (Å²) in [5, 5.41) is 11.4. The predicted octanol–water partition coefficient (Wildman–Crippen LogP) is 0.0818. The van der Waals surface area contributed by atoms with Gasteiger partial charge in [0.2, 0.25) is 11.8 Å². The molecule has 2 atom stereocenters. The van der Waals surface area contributed by atoms with Gasteiger partial charge in [-0.15, -0.1) is 0 Å². The summed E-state index contributed by atoms with van der Waals surface area (Å²) < 4.78 is 0. The lowest BCUT2D eigenvalue weighted by molar-refractivity contribution is -0.141. The van der Waals surface area contributed by atoms with Gasteiger partial charge in [-0.2, -0.15) is 0 Å². The van der Waals surface area contributed by atoms with Crippen LogP contribution in [0.4, 0.5) is 0 Å². The highest BCUT2D eigenvalue weighted by molar-refractivity contribution is 5.81. The van der Waals surface area contributed by atoms with Crippen LogP contribution in [0.5, 0.6) is 0 Å². The second-order valence-electron chi connectivity index (χ2n) is 4.73. The lowest BCUT2D eigenvalue weighted by atomic mass is 10.0. The van der Waals surface area contributed by atoms with Gasteiger partial charge in [-0.05, 0) is 19.3 Å². The maximum Gasteiger partial charge on any atom is 0.306 e. The Balaban J connectivity index is 2.40. The molecule has 6 heteroatoms. The maximum absolute atomic E-state index is 12.0. The first-order valence-electron chi connectivity index (χ1n) is 6.14. The van der Waals surface area contributed by atoms with Gasteiger partial charge in [0.05, 0.1) is 5.92 Å². The van der Waals surface area contributed by atoms with Crippen LogP contribution in [0.25, 0.3) is 0 Å². The number of amides is 2. The fourth-order valence-electron chi connectivity index (χ4n) is 2.25. The van der Waals surface area contributed by atoms with Crippen LogP contribution in [0.1, 0.15) is 25.7 Å². The maximum atomic E-state index is 12.0. The number of hydrogen-bond acceptors (Lipinski definition) is 3. The number of hydrogen-bond donors (Lipinski definition) is 2. The van der Waals surface area contributed by atoms with Crippen LogP contribution in [-0.2, 0) is 14.4 Å². The molecular formula is C12H20N2O4. The molecule has 18 heavy (non-hydrogen) atoms. The van der Waals surface area contributed by atoms with Gasteiger partial charge in [0.25, 0.3) is 0 Å². The summed E-state index contributed by atoms with van der Waals surface area (Å²) in [5.74, 6) is -1.59. The van der Waals surface area contributed by atoms with Crippen LogP contribution in [0.15, 0.2) is 0 Å². The smallest absolute Gasteiger partial charge is 0.306 e. The molecule has 0 radical (unpaired) electrons. The minimum atomic E-state index is -0.821. The van der Waals surface area contributed by atoms with Crippen molar-refractivity contribution >= 4 is 17.8 Å². The molecule has 1 saturated carbocycles. The third-order valence-corrected chi connectivity index (χ3v) is 3.46. The fraction of sp³-hybridized carbons (Fsp3) is 0.750. The van der Waals surface area contributed by atoms with E-state index in [4.69, 9.17) is 5.11 Å². The molecule has 102 valence electrons. The molecular weight excluding hydrogens is 236 g/mol. The Morgan fingerprint density at radius 2 is 1.89 bits per heavy atom. The Hall–Kier alpha value is -1.59. The molecule has 0 aliphatic heterocycles. The molecule has 0 aromatic carbocycles. The topological polar surface area (TPSA) is 86.7 Å². The van der Waals surface area contributed by atoms with E-state index >= 15 is 0 Å². The molecule has 6 nitrogen and oxygen atoms in total. The lowest BCUT2D eigenvalue weighted by Crippen LogP contribution is -2.35. The van der Waals surface area contributed by atoms with E-state index in [2.05, 4.69) is 5.32 Å². The van der Waals surface area contributed by atoms with Crippen molar-refractivity contribution in [3.8, 4) is 0 Å². The SMILES string of the molecule is CNC(=O)CCN(C)C(=O)[C@@H]1CC[C@H](C(=O)O)C1. The molecule has 0 saturated heterocycles. The number of carbonyl (C=O) groups is 3. The number of carbonyl (C=O) groups excluding carboxylic acids is 2. The van der Waals surface area contributed by atoms with Gasteiger partial charge in [0, 0.05) is 33.0 Å². The Morgan fingerprint density at radius 1 is 1.28 bits per heavy atom. The summed E-state index contributed by atoms with van der Waals surface area (Å²) in [6.07, 6.45) is 1.88. The van der Waals surface area contributed by atoms with Crippen molar-refractivity contribution < 1.29 is 19.5 Å². The molecule has 0 spiro atoms. The van der Waals surface area contributed by atoms with Gasteiger partial charge in [-0.1, -0.05) is 0 Å². The molecule has 0 aromatic rings. The van der Waals surface area contributed by atoms with E-state index in [1.807, 2.05) is 0 Å². The largest absolute Gasteiger partial charge is 0.481 e. The highest BCUT2D eigenvalue weighted by Gasteiger charge is 2.35. The van der Waals surface area contributed by atoms with Crippen LogP contribution in [0, 0.1) is 11.8 Å². The first kappa shape index (κ1) is 14.5. The lowest BCUT2D eigenvalue weighted by Gasteiger charge is -2.20. The monoisotopic (exact) mass is 256 g/mol. The number of carboxylic acids is 1. The summed E-state index contributed by atoms with van der Waals surface area (Å²) in [7, 11) is 3.21. The number of rotatable bonds is 5. The van der Waals surface area contributed by atoms with Crippen LogP contribution in [-0.4, -0.2) is 48.4 Å². The van der Waals surface area contributed by atoms with Crippen molar-refractivity contribution in [3.63, 3.8) is 0 Å². The minimum absolute atomic E-state index is 0.0531. The van der Waals surface area contributed by atoms with Gasteiger partial charge in [0.15, 0.2) is 0 Å². The molecule has 1 aliphatic rings. The third kappa shape index (κ3) is 3.72.